The van der Waals surface area contributed by atoms with Crippen LogP contribution in [0.25, 0.3) is 11.0 Å². The van der Waals surface area contributed by atoms with Crippen LogP contribution in [0.3, 0.4) is 0 Å². The second-order valence-corrected chi connectivity index (χ2v) is 6.62. The lowest BCUT2D eigenvalue weighted by atomic mass is 9.77. The van der Waals surface area contributed by atoms with Crippen LogP contribution in [-0.4, -0.2) is 14.5 Å². The Bertz CT molecular complexity index is 625. The molecule has 19 heavy (non-hydrogen) atoms. The SMILES string of the molecule is Clc1nc(Cl)c2c(ccn2CC2C[C@H]3CC[C@H]3C2)n1. The van der Waals surface area contributed by atoms with Crippen LogP contribution < -0.4 is 0 Å². The van der Waals surface area contributed by atoms with E-state index < -0.39 is 0 Å². The fraction of sp³-hybridized carbons (Fsp3) is 0.571. The Balaban J connectivity index is 1.64. The number of halogens is 2. The summed E-state index contributed by atoms with van der Waals surface area (Å²) in [7, 11) is 0. The lowest BCUT2D eigenvalue weighted by Gasteiger charge is -2.29. The lowest BCUT2D eigenvalue weighted by molar-refractivity contribution is 0.219. The molecule has 2 fully saturated rings. The van der Waals surface area contributed by atoms with E-state index in [9.17, 15) is 0 Å². The number of hydrogen-bond acceptors (Lipinski definition) is 2. The van der Waals surface area contributed by atoms with Crippen LogP contribution in [0, 0.1) is 17.8 Å². The summed E-state index contributed by atoms with van der Waals surface area (Å²) in [4.78, 5) is 8.27. The molecule has 100 valence electrons. The van der Waals surface area contributed by atoms with E-state index in [1.165, 1.54) is 25.7 Å². The lowest BCUT2D eigenvalue weighted by Crippen LogP contribution is -2.18. The molecule has 0 radical (unpaired) electrons. The van der Waals surface area contributed by atoms with Crippen molar-refractivity contribution in [3.63, 3.8) is 0 Å². The Kier molecular flexibility index (Phi) is 2.75. The van der Waals surface area contributed by atoms with E-state index in [-0.39, 0.29) is 5.28 Å². The fourth-order valence-electron chi connectivity index (χ4n) is 3.82. The van der Waals surface area contributed by atoms with Gasteiger partial charge in [0.15, 0.2) is 5.15 Å². The van der Waals surface area contributed by atoms with E-state index in [4.69, 9.17) is 23.2 Å². The van der Waals surface area contributed by atoms with Gasteiger partial charge in [0.25, 0.3) is 0 Å². The Labute approximate surface area is 121 Å². The first-order valence-electron chi connectivity index (χ1n) is 6.88. The summed E-state index contributed by atoms with van der Waals surface area (Å²) in [6, 6.07) is 1.97. The van der Waals surface area contributed by atoms with Gasteiger partial charge in [-0.1, -0.05) is 11.6 Å². The third kappa shape index (κ3) is 1.95. The molecule has 4 rings (SSSR count). The summed E-state index contributed by atoms with van der Waals surface area (Å²) in [5, 5.41) is 0.676. The third-order valence-electron chi connectivity index (χ3n) is 4.84. The molecule has 0 aromatic carbocycles. The van der Waals surface area contributed by atoms with Gasteiger partial charge in [-0.3, -0.25) is 0 Å². The van der Waals surface area contributed by atoms with Crippen LogP contribution in [0.15, 0.2) is 12.3 Å². The number of hydrogen-bond donors (Lipinski definition) is 0. The standard InChI is InChI=1S/C14H15Cl2N3/c15-13-12-11(17-14(16)18-13)3-4-19(12)7-8-5-9-1-2-10(9)6-8/h3-4,8-10H,1-2,5-7H2/t8?,9-,10+. The zero-order chi connectivity index (χ0) is 13.0. The second-order valence-electron chi connectivity index (χ2n) is 5.92. The summed E-state index contributed by atoms with van der Waals surface area (Å²) in [6.07, 6.45) is 7.68. The summed E-state index contributed by atoms with van der Waals surface area (Å²) >= 11 is 12.0. The third-order valence-corrected chi connectivity index (χ3v) is 5.28. The monoisotopic (exact) mass is 295 g/mol. The molecule has 2 saturated carbocycles. The summed E-state index contributed by atoms with van der Waals surface area (Å²) in [5.74, 6) is 2.76. The van der Waals surface area contributed by atoms with Crippen molar-refractivity contribution in [2.24, 2.45) is 17.8 Å². The van der Waals surface area contributed by atoms with E-state index in [0.29, 0.717) is 5.15 Å². The van der Waals surface area contributed by atoms with Crippen molar-refractivity contribution in [3.05, 3.63) is 22.7 Å². The molecule has 0 spiro atoms. The molecule has 0 N–H and O–H groups in total. The first-order valence-corrected chi connectivity index (χ1v) is 7.64. The predicted molar refractivity (Wildman–Crippen MR) is 76.5 cm³/mol. The van der Waals surface area contributed by atoms with Gasteiger partial charge in [0.2, 0.25) is 5.28 Å². The molecule has 2 heterocycles. The average Bonchev–Trinajstić information content (AvgIpc) is 2.84. The van der Waals surface area contributed by atoms with Crippen LogP contribution in [0.2, 0.25) is 10.4 Å². The highest BCUT2D eigenvalue weighted by atomic mass is 35.5. The van der Waals surface area contributed by atoms with Gasteiger partial charge in [-0.15, -0.1) is 0 Å². The van der Waals surface area contributed by atoms with Gasteiger partial charge < -0.3 is 4.57 Å². The van der Waals surface area contributed by atoms with Crippen molar-refractivity contribution in [1.29, 1.82) is 0 Å². The van der Waals surface area contributed by atoms with Crippen LogP contribution in [-0.2, 0) is 6.54 Å². The molecule has 0 bridgehead atoms. The molecule has 3 atom stereocenters. The van der Waals surface area contributed by atoms with E-state index in [1.54, 1.807) is 0 Å². The zero-order valence-electron chi connectivity index (χ0n) is 10.5. The van der Waals surface area contributed by atoms with Gasteiger partial charge in [0.1, 0.15) is 5.52 Å². The molecule has 3 nitrogen and oxygen atoms in total. The van der Waals surface area contributed by atoms with Crippen molar-refractivity contribution in [2.75, 3.05) is 0 Å². The molecule has 2 aliphatic carbocycles. The number of nitrogens with zero attached hydrogens (tertiary/aromatic N) is 3. The maximum Gasteiger partial charge on any atom is 0.224 e. The van der Waals surface area contributed by atoms with Gasteiger partial charge in [-0.2, -0.15) is 0 Å². The zero-order valence-corrected chi connectivity index (χ0v) is 12.0. The maximum absolute atomic E-state index is 6.21. The summed E-state index contributed by atoms with van der Waals surface area (Å²) < 4.78 is 2.20. The van der Waals surface area contributed by atoms with Crippen molar-refractivity contribution in [1.82, 2.24) is 14.5 Å². The van der Waals surface area contributed by atoms with Gasteiger partial charge in [-0.25, -0.2) is 9.97 Å². The number of rotatable bonds is 2. The smallest absolute Gasteiger partial charge is 0.224 e. The normalized spacial score (nSPS) is 29.5. The van der Waals surface area contributed by atoms with E-state index in [0.717, 1.165) is 35.3 Å². The molecule has 0 amide bonds. The van der Waals surface area contributed by atoms with Gasteiger partial charge >= 0.3 is 0 Å². The van der Waals surface area contributed by atoms with E-state index in [2.05, 4.69) is 20.7 Å². The molecule has 2 aromatic heterocycles. The Morgan fingerprint density at radius 3 is 2.58 bits per heavy atom. The van der Waals surface area contributed by atoms with Crippen molar-refractivity contribution in [3.8, 4) is 0 Å². The quantitative estimate of drug-likeness (QED) is 0.615. The highest BCUT2D eigenvalue weighted by Gasteiger charge is 2.40. The summed E-state index contributed by atoms with van der Waals surface area (Å²) in [6.45, 7) is 1.03. The highest BCUT2D eigenvalue weighted by Crippen LogP contribution is 2.50. The van der Waals surface area contributed by atoms with Crippen LogP contribution in [0.5, 0.6) is 0 Å². The molecule has 2 aliphatic rings. The van der Waals surface area contributed by atoms with Crippen molar-refractivity contribution in [2.45, 2.75) is 32.2 Å². The topological polar surface area (TPSA) is 30.7 Å². The molecular weight excluding hydrogens is 281 g/mol. The molecule has 2 aromatic rings. The van der Waals surface area contributed by atoms with E-state index in [1.807, 2.05) is 6.07 Å². The van der Waals surface area contributed by atoms with Gasteiger partial charge in [-0.05, 0) is 61.1 Å². The molecule has 5 heteroatoms. The minimum atomic E-state index is 0.217. The number of fused-ring (bicyclic) bond motifs is 2. The molecule has 1 unspecified atom stereocenters. The van der Waals surface area contributed by atoms with Gasteiger partial charge in [0.05, 0.1) is 5.52 Å². The predicted octanol–water partition coefficient (Wildman–Crippen LogP) is 4.17. The van der Waals surface area contributed by atoms with Crippen molar-refractivity contribution < 1.29 is 0 Å². The highest BCUT2D eigenvalue weighted by molar-refractivity contribution is 6.35. The first kappa shape index (κ1) is 12.0. The minimum absolute atomic E-state index is 0.217. The first-order chi connectivity index (χ1) is 9.20. The van der Waals surface area contributed by atoms with Crippen LogP contribution in [0.1, 0.15) is 25.7 Å². The second kappa shape index (κ2) is 4.35. The number of aromatic nitrogens is 3. The average molecular weight is 296 g/mol. The summed E-state index contributed by atoms with van der Waals surface area (Å²) in [5.41, 5.74) is 1.76. The largest absolute Gasteiger partial charge is 0.343 e. The fourth-order valence-corrected chi connectivity index (χ4v) is 4.33. The van der Waals surface area contributed by atoms with Gasteiger partial charge in [0, 0.05) is 12.7 Å². The molecular formula is C14H15Cl2N3. The maximum atomic E-state index is 6.21. The van der Waals surface area contributed by atoms with Crippen LogP contribution in [0.4, 0.5) is 0 Å². The minimum Gasteiger partial charge on any atom is -0.343 e. The molecule has 0 saturated heterocycles. The Hall–Kier alpha value is -0.800. The van der Waals surface area contributed by atoms with Crippen LogP contribution >= 0.6 is 23.2 Å². The van der Waals surface area contributed by atoms with Crippen molar-refractivity contribution >= 4 is 34.2 Å². The Morgan fingerprint density at radius 1 is 1.16 bits per heavy atom. The Morgan fingerprint density at radius 2 is 1.89 bits per heavy atom. The molecule has 0 aliphatic heterocycles. The van der Waals surface area contributed by atoms with E-state index >= 15 is 0 Å².